The Kier molecular flexibility index (Phi) is 2.69. The number of aliphatic hydroxyl groups excluding tert-OH is 1. The van der Waals surface area contributed by atoms with Gasteiger partial charge in [0, 0.05) is 29.1 Å². The van der Waals surface area contributed by atoms with Crippen molar-refractivity contribution < 1.29 is 9.50 Å². The molecule has 1 aromatic carbocycles. The van der Waals surface area contributed by atoms with Gasteiger partial charge in [-0.1, -0.05) is 13.0 Å². The molecule has 2 aromatic rings. The lowest BCUT2D eigenvalue weighted by Gasteiger charge is -2.25. The highest BCUT2D eigenvalue weighted by Gasteiger charge is 2.28. The molecule has 1 atom stereocenters. The summed E-state index contributed by atoms with van der Waals surface area (Å²) < 4.78 is 13.7. The molecule has 2 rings (SSSR count). The van der Waals surface area contributed by atoms with Gasteiger partial charge >= 0.3 is 0 Å². The van der Waals surface area contributed by atoms with E-state index in [0.29, 0.717) is 5.39 Å². The normalized spacial score (nSPS) is 15.2. The summed E-state index contributed by atoms with van der Waals surface area (Å²) in [6.45, 7) is 1.98. The van der Waals surface area contributed by atoms with Gasteiger partial charge in [-0.15, -0.1) is 0 Å². The number of rotatable bonds is 3. The molecule has 4 N–H and O–H groups in total. The van der Waals surface area contributed by atoms with Crippen LogP contribution < -0.4 is 5.73 Å². The zero-order chi connectivity index (χ0) is 11.8. The Balaban J connectivity index is 2.70. The SMILES string of the molecule is CC(CN)(CO)c1c[nH]c2cccc(F)c12. The predicted octanol–water partition coefficient (Wildman–Crippen LogP) is 1.52. The van der Waals surface area contributed by atoms with E-state index in [1.165, 1.54) is 6.07 Å². The molecule has 1 unspecified atom stereocenters. The minimum atomic E-state index is -0.611. The number of hydrogen-bond donors (Lipinski definition) is 3. The maximum atomic E-state index is 13.7. The van der Waals surface area contributed by atoms with Gasteiger partial charge in [-0.3, -0.25) is 0 Å². The first-order chi connectivity index (χ1) is 7.62. The number of aliphatic hydroxyl groups is 1. The number of hydrogen-bond acceptors (Lipinski definition) is 2. The third-order valence-corrected chi connectivity index (χ3v) is 3.10. The van der Waals surface area contributed by atoms with Crippen LogP contribution in [0.15, 0.2) is 24.4 Å². The zero-order valence-corrected chi connectivity index (χ0v) is 9.13. The van der Waals surface area contributed by atoms with E-state index in [0.717, 1.165) is 11.1 Å². The standard InChI is InChI=1S/C12H15FN2O/c1-12(6-14,7-16)8-5-15-10-4-2-3-9(13)11(8)10/h2-5,15-16H,6-7,14H2,1H3. The molecule has 0 amide bonds. The van der Waals surface area contributed by atoms with Crippen LogP contribution in [-0.2, 0) is 5.41 Å². The Hall–Kier alpha value is -1.39. The Morgan fingerprint density at radius 3 is 2.88 bits per heavy atom. The molecular weight excluding hydrogens is 207 g/mol. The topological polar surface area (TPSA) is 62.0 Å². The Morgan fingerprint density at radius 1 is 1.50 bits per heavy atom. The highest BCUT2D eigenvalue weighted by atomic mass is 19.1. The largest absolute Gasteiger partial charge is 0.395 e. The van der Waals surface area contributed by atoms with Crippen molar-refractivity contribution in [1.82, 2.24) is 4.98 Å². The maximum absolute atomic E-state index is 13.7. The molecule has 4 heteroatoms. The molecule has 0 bridgehead atoms. The highest BCUT2D eigenvalue weighted by Crippen LogP contribution is 2.31. The molecule has 0 saturated carbocycles. The molecule has 0 radical (unpaired) electrons. The lowest BCUT2D eigenvalue weighted by Crippen LogP contribution is -2.35. The number of fused-ring (bicyclic) bond motifs is 1. The van der Waals surface area contributed by atoms with E-state index in [-0.39, 0.29) is 19.0 Å². The van der Waals surface area contributed by atoms with Crippen molar-refractivity contribution in [2.45, 2.75) is 12.3 Å². The molecule has 0 aliphatic rings. The van der Waals surface area contributed by atoms with Crippen LogP contribution in [-0.4, -0.2) is 23.2 Å². The van der Waals surface area contributed by atoms with Crippen LogP contribution in [0.1, 0.15) is 12.5 Å². The fraction of sp³-hybridized carbons (Fsp3) is 0.333. The van der Waals surface area contributed by atoms with Crippen LogP contribution in [0.5, 0.6) is 0 Å². The number of halogens is 1. The smallest absolute Gasteiger partial charge is 0.132 e. The van der Waals surface area contributed by atoms with Gasteiger partial charge < -0.3 is 15.8 Å². The minimum absolute atomic E-state index is 0.106. The van der Waals surface area contributed by atoms with Gasteiger partial charge in [0.25, 0.3) is 0 Å². The summed E-state index contributed by atoms with van der Waals surface area (Å²) in [6.07, 6.45) is 1.72. The summed E-state index contributed by atoms with van der Waals surface area (Å²) in [5.41, 5.74) is 6.50. The first kappa shape index (κ1) is 11.1. The fourth-order valence-corrected chi connectivity index (χ4v) is 1.88. The van der Waals surface area contributed by atoms with E-state index in [1.807, 2.05) is 6.92 Å². The highest BCUT2D eigenvalue weighted by molar-refractivity contribution is 5.85. The summed E-state index contributed by atoms with van der Waals surface area (Å²) >= 11 is 0. The lowest BCUT2D eigenvalue weighted by molar-refractivity contribution is 0.211. The zero-order valence-electron chi connectivity index (χ0n) is 9.13. The van der Waals surface area contributed by atoms with Gasteiger partial charge in [-0.2, -0.15) is 0 Å². The second-order valence-electron chi connectivity index (χ2n) is 4.29. The lowest BCUT2D eigenvalue weighted by atomic mass is 9.83. The fourth-order valence-electron chi connectivity index (χ4n) is 1.88. The number of aromatic nitrogens is 1. The molecule has 0 spiro atoms. The van der Waals surface area contributed by atoms with Crippen LogP contribution in [0.3, 0.4) is 0 Å². The van der Waals surface area contributed by atoms with E-state index in [1.54, 1.807) is 18.3 Å². The van der Waals surface area contributed by atoms with Gasteiger partial charge in [0.05, 0.1) is 6.61 Å². The van der Waals surface area contributed by atoms with Gasteiger partial charge in [0.1, 0.15) is 5.82 Å². The summed E-state index contributed by atoms with van der Waals surface area (Å²) in [7, 11) is 0. The molecule has 16 heavy (non-hydrogen) atoms. The molecule has 3 nitrogen and oxygen atoms in total. The predicted molar refractivity (Wildman–Crippen MR) is 61.7 cm³/mol. The van der Waals surface area contributed by atoms with Crippen LogP contribution in [0.25, 0.3) is 10.9 Å². The van der Waals surface area contributed by atoms with Crippen molar-refractivity contribution in [3.8, 4) is 0 Å². The summed E-state index contributed by atoms with van der Waals surface area (Å²) in [5, 5.41) is 9.91. The third-order valence-electron chi connectivity index (χ3n) is 3.10. The molecule has 0 fully saturated rings. The molecular formula is C12H15FN2O. The van der Waals surface area contributed by atoms with Gasteiger partial charge in [0.2, 0.25) is 0 Å². The maximum Gasteiger partial charge on any atom is 0.132 e. The van der Waals surface area contributed by atoms with Crippen molar-refractivity contribution >= 4 is 10.9 Å². The van der Waals surface area contributed by atoms with E-state index < -0.39 is 5.41 Å². The van der Waals surface area contributed by atoms with E-state index in [4.69, 9.17) is 5.73 Å². The first-order valence-electron chi connectivity index (χ1n) is 5.19. The number of nitrogens with two attached hydrogens (primary N) is 1. The molecule has 86 valence electrons. The monoisotopic (exact) mass is 222 g/mol. The summed E-state index contributed by atoms with van der Waals surface area (Å²) in [4.78, 5) is 3.00. The van der Waals surface area contributed by atoms with Gasteiger partial charge in [0.15, 0.2) is 0 Å². The van der Waals surface area contributed by atoms with Gasteiger partial charge in [-0.05, 0) is 17.7 Å². The van der Waals surface area contributed by atoms with E-state index in [9.17, 15) is 9.50 Å². The van der Waals surface area contributed by atoms with Crippen LogP contribution in [0.4, 0.5) is 4.39 Å². The second kappa shape index (κ2) is 3.88. The minimum Gasteiger partial charge on any atom is -0.395 e. The van der Waals surface area contributed by atoms with Crippen LogP contribution in [0, 0.1) is 5.82 Å². The molecule has 0 saturated heterocycles. The van der Waals surface area contributed by atoms with E-state index >= 15 is 0 Å². The molecule has 0 aliphatic carbocycles. The van der Waals surface area contributed by atoms with Crippen molar-refractivity contribution in [3.63, 3.8) is 0 Å². The van der Waals surface area contributed by atoms with E-state index in [2.05, 4.69) is 4.98 Å². The summed E-state index contributed by atoms with van der Waals surface area (Å²) in [6, 6.07) is 4.86. The Bertz CT molecular complexity index is 503. The number of aromatic amines is 1. The Morgan fingerprint density at radius 2 is 2.25 bits per heavy atom. The first-order valence-corrected chi connectivity index (χ1v) is 5.19. The average Bonchev–Trinajstić information content (AvgIpc) is 2.74. The molecule has 1 heterocycles. The number of H-pyrrole nitrogens is 1. The van der Waals surface area contributed by atoms with Crippen LogP contribution >= 0.6 is 0 Å². The number of nitrogens with one attached hydrogen (secondary N) is 1. The number of benzene rings is 1. The van der Waals surface area contributed by atoms with Crippen molar-refractivity contribution in [2.24, 2.45) is 5.73 Å². The van der Waals surface area contributed by atoms with Gasteiger partial charge in [-0.25, -0.2) is 4.39 Å². The van der Waals surface area contributed by atoms with Crippen LogP contribution in [0.2, 0.25) is 0 Å². The molecule has 1 aromatic heterocycles. The van der Waals surface area contributed by atoms with Crippen molar-refractivity contribution in [2.75, 3.05) is 13.2 Å². The average molecular weight is 222 g/mol. The molecule has 0 aliphatic heterocycles. The second-order valence-corrected chi connectivity index (χ2v) is 4.29. The quantitative estimate of drug-likeness (QED) is 0.737. The van der Waals surface area contributed by atoms with Crippen molar-refractivity contribution in [1.29, 1.82) is 0 Å². The van der Waals surface area contributed by atoms with Crippen molar-refractivity contribution in [3.05, 3.63) is 35.8 Å². The Labute approximate surface area is 93.1 Å². The third kappa shape index (κ3) is 1.50. The summed E-state index contributed by atoms with van der Waals surface area (Å²) in [5.74, 6) is -0.290.